The van der Waals surface area contributed by atoms with E-state index in [9.17, 15) is 0 Å². The van der Waals surface area contributed by atoms with Crippen LogP contribution in [-0.4, -0.2) is 81.8 Å². The van der Waals surface area contributed by atoms with Crippen LogP contribution in [0, 0.1) is 12.8 Å². The molecule has 0 spiro atoms. The van der Waals surface area contributed by atoms with Crippen molar-refractivity contribution in [2.45, 2.75) is 45.2 Å². The van der Waals surface area contributed by atoms with Crippen LogP contribution in [0.5, 0.6) is 0 Å². The highest BCUT2D eigenvalue weighted by Crippen LogP contribution is 2.17. The van der Waals surface area contributed by atoms with Gasteiger partial charge in [0.2, 0.25) is 0 Å². The van der Waals surface area contributed by atoms with Gasteiger partial charge in [0.25, 0.3) is 0 Å². The predicted octanol–water partition coefficient (Wildman–Crippen LogP) is 2.48. The molecule has 2 aliphatic rings. The zero-order chi connectivity index (χ0) is 21.2. The standard InChI is InChI=1S/C24H41N5O/c1-20-6-4-5-7-22(20)19-29-14-10-23(11-15-29)27-24(25-2)26-18-21-8-12-28(13-9-21)16-17-30-3/h4-7,21,23H,8-19H2,1-3H3,(H2,25,26,27). The Morgan fingerprint density at radius 2 is 1.77 bits per heavy atom. The van der Waals surface area contributed by atoms with Crippen LogP contribution in [0.4, 0.5) is 0 Å². The second-order valence-electron chi connectivity index (χ2n) is 8.85. The second kappa shape index (κ2) is 12.3. The van der Waals surface area contributed by atoms with Crippen molar-refractivity contribution < 1.29 is 4.74 Å². The van der Waals surface area contributed by atoms with Crippen LogP contribution in [0.2, 0.25) is 0 Å². The molecule has 0 saturated carbocycles. The van der Waals surface area contributed by atoms with Crippen molar-refractivity contribution in [3.63, 3.8) is 0 Å². The van der Waals surface area contributed by atoms with E-state index in [0.29, 0.717) is 6.04 Å². The molecule has 30 heavy (non-hydrogen) atoms. The molecule has 2 saturated heterocycles. The zero-order valence-electron chi connectivity index (χ0n) is 19.2. The molecule has 0 amide bonds. The Hall–Kier alpha value is -1.63. The Morgan fingerprint density at radius 3 is 2.43 bits per heavy atom. The number of aliphatic imine (C=N–C) groups is 1. The third-order valence-corrected chi connectivity index (χ3v) is 6.68. The van der Waals surface area contributed by atoms with Crippen LogP contribution in [0.25, 0.3) is 0 Å². The summed E-state index contributed by atoms with van der Waals surface area (Å²) in [6, 6.07) is 9.25. The molecule has 6 nitrogen and oxygen atoms in total. The number of likely N-dealkylation sites (tertiary alicyclic amines) is 2. The summed E-state index contributed by atoms with van der Waals surface area (Å²) in [5.74, 6) is 1.70. The fraction of sp³-hybridized carbons (Fsp3) is 0.708. The summed E-state index contributed by atoms with van der Waals surface area (Å²) in [6.07, 6.45) is 4.85. The van der Waals surface area contributed by atoms with Crippen molar-refractivity contribution >= 4 is 5.96 Å². The summed E-state index contributed by atoms with van der Waals surface area (Å²) >= 11 is 0. The number of hydrogen-bond donors (Lipinski definition) is 2. The van der Waals surface area contributed by atoms with Crippen LogP contribution in [0.1, 0.15) is 36.8 Å². The summed E-state index contributed by atoms with van der Waals surface area (Å²) in [5.41, 5.74) is 2.85. The first-order chi connectivity index (χ1) is 14.7. The zero-order valence-corrected chi connectivity index (χ0v) is 19.2. The van der Waals surface area contributed by atoms with E-state index in [1.165, 1.54) is 49.9 Å². The average molecular weight is 416 g/mol. The van der Waals surface area contributed by atoms with Gasteiger partial charge in [-0.25, -0.2) is 0 Å². The van der Waals surface area contributed by atoms with Crippen molar-refractivity contribution in [3.8, 4) is 0 Å². The molecule has 0 aliphatic carbocycles. The van der Waals surface area contributed by atoms with Gasteiger partial charge >= 0.3 is 0 Å². The number of aryl methyl sites for hydroxylation is 1. The molecule has 3 rings (SSSR count). The highest BCUT2D eigenvalue weighted by atomic mass is 16.5. The third-order valence-electron chi connectivity index (χ3n) is 6.68. The highest BCUT2D eigenvalue weighted by molar-refractivity contribution is 5.79. The smallest absolute Gasteiger partial charge is 0.191 e. The van der Waals surface area contributed by atoms with E-state index < -0.39 is 0 Å². The molecule has 2 fully saturated rings. The van der Waals surface area contributed by atoms with Crippen LogP contribution < -0.4 is 10.6 Å². The van der Waals surface area contributed by atoms with Gasteiger partial charge in [-0.2, -0.15) is 0 Å². The summed E-state index contributed by atoms with van der Waals surface area (Å²) in [4.78, 5) is 9.56. The SMILES string of the molecule is CN=C(NCC1CCN(CCOC)CC1)NC1CCN(Cc2ccccc2C)CC1. The molecule has 168 valence electrons. The minimum absolute atomic E-state index is 0.514. The summed E-state index contributed by atoms with van der Waals surface area (Å²) in [7, 11) is 3.67. The number of benzene rings is 1. The van der Waals surface area contributed by atoms with Gasteiger partial charge in [0.1, 0.15) is 0 Å². The normalized spacial score (nSPS) is 20.4. The first-order valence-corrected chi connectivity index (χ1v) is 11.6. The van der Waals surface area contributed by atoms with Crippen molar-refractivity contribution in [3.05, 3.63) is 35.4 Å². The van der Waals surface area contributed by atoms with E-state index in [1.54, 1.807) is 7.11 Å². The van der Waals surface area contributed by atoms with Gasteiger partial charge in [-0.3, -0.25) is 9.89 Å². The van der Waals surface area contributed by atoms with Gasteiger partial charge in [0, 0.05) is 52.9 Å². The van der Waals surface area contributed by atoms with Crippen LogP contribution in [0.15, 0.2) is 29.3 Å². The first kappa shape index (κ1) is 23.0. The van der Waals surface area contributed by atoms with E-state index >= 15 is 0 Å². The summed E-state index contributed by atoms with van der Waals surface area (Å²) in [6.45, 7) is 10.8. The molecular weight excluding hydrogens is 374 g/mol. The van der Waals surface area contributed by atoms with Gasteiger partial charge in [-0.05, 0) is 62.7 Å². The number of guanidine groups is 1. The summed E-state index contributed by atoms with van der Waals surface area (Å²) < 4.78 is 5.20. The van der Waals surface area contributed by atoms with Crippen LogP contribution >= 0.6 is 0 Å². The lowest BCUT2D eigenvalue weighted by atomic mass is 9.97. The number of ether oxygens (including phenoxy) is 1. The Bertz CT molecular complexity index is 649. The molecule has 0 bridgehead atoms. The van der Waals surface area contributed by atoms with Crippen molar-refractivity contribution in [2.75, 3.05) is 60.0 Å². The van der Waals surface area contributed by atoms with Crippen molar-refractivity contribution in [1.29, 1.82) is 0 Å². The monoisotopic (exact) mass is 415 g/mol. The van der Waals surface area contributed by atoms with Gasteiger partial charge in [-0.1, -0.05) is 24.3 Å². The fourth-order valence-electron chi connectivity index (χ4n) is 4.53. The Kier molecular flexibility index (Phi) is 9.43. The quantitative estimate of drug-likeness (QED) is 0.505. The number of rotatable bonds is 8. The van der Waals surface area contributed by atoms with Crippen molar-refractivity contribution in [1.82, 2.24) is 20.4 Å². The number of piperidine rings is 2. The first-order valence-electron chi connectivity index (χ1n) is 11.6. The minimum Gasteiger partial charge on any atom is -0.383 e. The number of methoxy groups -OCH3 is 1. The van der Waals surface area contributed by atoms with E-state index in [-0.39, 0.29) is 0 Å². The average Bonchev–Trinajstić information content (AvgIpc) is 2.78. The molecule has 2 N–H and O–H groups in total. The third kappa shape index (κ3) is 7.25. The molecule has 0 unspecified atom stereocenters. The van der Waals surface area contributed by atoms with E-state index in [4.69, 9.17) is 4.74 Å². The van der Waals surface area contributed by atoms with E-state index in [2.05, 4.69) is 56.6 Å². The van der Waals surface area contributed by atoms with Gasteiger partial charge < -0.3 is 20.3 Å². The predicted molar refractivity (Wildman–Crippen MR) is 125 cm³/mol. The molecule has 6 heteroatoms. The van der Waals surface area contributed by atoms with E-state index in [1.807, 2.05) is 7.05 Å². The number of nitrogens with one attached hydrogen (secondary N) is 2. The van der Waals surface area contributed by atoms with Gasteiger partial charge in [0.05, 0.1) is 6.61 Å². The topological polar surface area (TPSA) is 52.1 Å². The number of hydrogen-bond acceptors (Lipinski definition) is 4. The van der Waals surface area contributed by atoms with Crippen LogP contribution in [0.3, 0.4) is 0 Å². The molecule has 1 aromatic carbocycles. The molecule has 1 aromatic rings. The van der Waals surface area contributed by atoms with Gasteiger partial charge in [-0.15, -0.1) is 0 Å². The Balaban J connectivity index is 1.33. The molecule has 2 aliphatic heterocycles. The lowest BCUT2D eigenvalue weighted by Crippen LogP contribution is -2.49. The molecule has 0 aromatic heterocycles. The maximum Gasteiger partial charge on any atom is 0.191 e. The Labute approximate surface area is 183 Å². The fourth-order valence-corrected chi connectivity index (χ4v) is 4.53. The molecular formula is C24H41N5O. The second-order valence-corrected chi connectivity index (χ2v) is 8.85. The Morgan fingerprint density at radius 1 is 1.07 bits per heavy atom. The molecule has 0 atom stereocenters. The van der Waals surface area contributed by atoms with Crippen molar-refractivity contribution in [2.24, 2.45) is 10.9 Å². The number of nitrogens with zero attached hydrogens (tertiary/aromatic N) is 3. The lowest BCUT2D eigenvalue weighted by Gasteiger charge is -2.34. The largest absolute Gasteiger partial charge is 0.383 e. The minimum atomic E-state index is 0.514. The molecule has 2 heterocycles. The maximum atomic E-state index is 5.20. The van der Waals surface area contributed by atoms with Crippen LogP contribution in [-0.2, 0) is 11.3 Å². The lowest BCUT2D eigenvalue weighted by molar-refractivity contribution is 0.120. The highest BCUT2D eigenvalue weighted by Gasteiger charge is 2.22. The maximum absolute atomic E-state index is 5.20. The van der Waals surface area contributed by atoms with E-state index in [0.717, 1.165) is 51.2 Å². The molecule has 0 radical (unpaired) electrons. The van der Waals surface area contributed by atoms with Gasteiger partial charge in [0.15, 0.2) is 5.96 Å². The summed E-state index contributed by atoms with van der Waals surface area (Å²) in [5, 5.41) is 7.25.